The number of carbonyl (C=O) groups excluding carboxylic acids is 3. The second-order valence-corrected chi connectivity index (χ2v) is 19.2. The van der Waals surface area contributed by atoms with Gasteiger partial charge in [-0.25, -0.2) is 0 Å². The van der Waals surface area contributed by atoms with Crippen molar-refractivity contribution in [1.29, 1.82) is 0 Å². The number of allylic oxidation sites excluding steroid dienone is 8. The second-order valence-electron chi connectivity index (χ2n) is 19.2. The molecule has 6 nitrogen and oxygen atoms in total. The van der Waals surface area contributed by atoms with Crippen LogP contribution in [0.2, 0.25) is 0 Å². The fourth-order valence-electron chi connectivity index (χ4n) is 8.21. The number of hydrogen-bond donors (Lipinski definition) is 0. The van der Waals surface area contributed by atoms with E-state index in [4.69, 9.17) is 14.2 Å². The van der Waals surface area contributed by atoms with E-state index in [1.54, 1.807) is 0 Å². The Labute approximate surface area is 409 Å². The normalized spacial score (nSPS) is 12.3. The van der Waals surface area contributed by atoms with E-state index in [-0.39, 0.29) is 31.1 Å². The Morgan fingerprint density at radius 3 is 0.864 bits per heavy atom. The highest BCUT2D eigenvalue weighted by atomic mass is 16.6. The van der Waals surface area contributed by atoms with E-state index in [9.17, 15) is 14.4 Å². The third-order valence-corrected chi connectivity index (χ3v) is 12.6. The Morgan fingerprint density at radius 1 is 0.303 bits per heavy atom. The molecule has 0 saturated heterocycles. The summed E-state index contributed by atoms with van der Waals surface area (Å²) in [6, 6.07) is 0. The standard InChI is InChI=1S/C60H108O6/c1-4-7-10-13-16-19-21-23-25-27-28-29-30-31-32-33-35-36-38-41-44-47-50-53-59(62)65-56-57(55-64-58(61)52-49-46-43-40-18-15-12-9-6-3)66-60(63)54-51-48-45-42-39-37-34-26-24-22-20-17-14-11-8-5-2/h21,23,26-28,30-31,34,57H,4-20,22,24-25,29,32-33,35-56H2,1-3H3/b23-21-,28-27-,31-30-,34-26-. The molecule has 0 aromatic carbocycles. The lowest BCUT2D eigenvalue weighted by molar-refractivity contribution is -0.167. The molecule has 1 atom stereocenters. The predicted molar refractivity (Wildman–Crippen MR) is 284 cm³/mol. The molecular formula is C60H108O6. The first-order chi connectivity index (χ1) is 32.5. The van der Waals surface area contributed by atoms with Crippen LogP contribution in [0.4, 0.5) is 0 Å². The molecule has 0 amide bonds. The van der Waals surface area contributed by atoms with Crippen LogP contribution in [-0.4, -0.2) is 37.2 Å². The van der Waals surface area contributed by atoms with Gasteiger partial charge in [-0.15, -0.1) is 0 Å². The molecule has 0 N–H and O–H groups in total. The van der Waals surface area contributed by atoms with Gasteiger partial charge in [-0.3, -0.25) is 14.4 Å². The number of esters is 3. The minimum Gasteiger partial charge on any atom is -0.462 e. The molecule has 0 aliphatic carbocycles. The van der Waals surface area contributed by atoms with E-state index in [0.29, 0.717) is 19.3 Å². The lowest BCUT2D eigenvalue weighted by Crippen LogP contribution is -2.30. The van der Waals surface area contributed by atoms with Gasteiger partial charge in [0.25, 0.3) is 0 Å². The highest BCUT2D eigenvalue weighted by Gasteiger charge is 2.19. The van der Waals surface area contributed by atoms with Gasteiger partial charge in [0.2, 0.25) is 0 Å². The fourth-order valence-corrected chi connectivity index (χ4v) is 8.21. The van der Waals surface area contributed by atoms with Crippen molar-refractivity contribution in [2.75, 3.05) is 13.2 Å². The van der Waals surface area contributed by atoms with Crippen LogP contribution in [0.3, 0.4) is 0 Å². The molecule has 0 heterocycles. The summed E-state index contributed by atoms with van der Waals surface area (Å²) < 4.78 is 16.8. The molecule has 0 spiro atoms. The molecule has 0 aromatic heterocycles. The first-order valence-electron chi connectivity index (χ1n) is 28.6. The largest absolute Gasteiger partial charge is 0.462 e. The van der Waals surface area contributed by atoms with Crippen LogP contribution in [0, 0.1) is 0 Å². The van der Waals surface area contributed by atoms with E-state index in [0.717, 1.165) is 83.5 Å². The van der Waals surface area contributed by atoms with Crippen LogP contribution in [0.1, 0.15) is 297 Å². The van der Waals surface area contributed by atoms with Gasteiger partial charge in [-0.05, 0) is 83.5 Å². The van der Waals surface area contributed by atoms with Crippen molar-refractivity contribution in [3.63, 3.8) is 0 Å². The summed E-state index contributed by atoms with van der Waals surface area (Å²) in [7, 11) is 0. The number of ether oxygens (including phenoxy) is 3. The molecule has 0 aliphatic heterocycles. The molecule has 384 valence electrons. The summed E-state index contributed by atoms with van der Waals surface area (Å²) >= 11 is 0. The Morgan fingerprint density at radius 2 is 0.545 bits per heavy atom. The number of unbranched alkanes of at least 4 members (excludes halogenated alkanes) is 33. The molecule has 0 radical (unpaired) electrons. The zero-order chi connectivity index (χ0) is 47.9. The third kappa shape index (κ3) is 52.3. The molecular weight excluding hydrogens is 817 g/mol. The Bertz CT molecular complexity index is 1150. The summed E-state index contributed by atoms with van der Waals surface area (Å²) in [4.78, 5) is 38.0. The number of hydrogen-bond acceptors (Lipinski definition) is 6. The van der Waals surface area contributed by atoms with Gasteiger partial charge in [0, 0.05) is 19.3 Å². The quantitative estimate of drug-likeness (QED) is 0.0262. The number of carbonyl (C=O) groups is 3. The molecule has 0 fully saturated rings. The van der Waals surface area contributed by atoms with Crippen molar-refractivity contribution in [3.05, 3.63) is 48.6 Å². The maximum Gasteiger partial charge on any atom is 0.306 e. The summed E-state index contributed by atoms with van der Waals surface area (Å²) in [5, 5.41) is 0. The van der Waals surface area contributed by atoms with Gasteiger partial charge in [-0.2, -0.15) is 0 Å². The Hall–Kier alpha value is -2.63. The average Bonchev–Trinajstić information content (AvgIpc) is 3.31. The van der Waals surface area contributed by atoms with Crippen LogP contribution < -0.4 is 0 Å². The van der Waals surface area contributed by atoms with Crippen LogP contribution in [-0.2, 0) is 28.6 Å². The average molecular weight is 926 g/mol. The van der Waals surface area contributed by atoms with Gasteiger partial charge < -0.3 is 14.2 Å². The molecule has 0 aliphatic rings. The molecule has 0 rings (SSSR count). The first-order valence-corrected chi connectivity index (χ1v) is 28.6. The van der Waals surface area contributed by atoms with Crippen LogP contribution in [0.25, 0.3) is 0 Å². The summed E-state index contributed by atoms with van der Waals surface area (Å²) in [5.74, 6) is -0.884. The van der Waals surface area contributed by atoms with Gasteiger partial charge in [-0.1, -0.05) is 243 Å². The zero-order valence-electron chi connectivity index (χ0n) is 44.0. The highest BCUT2D eigenvalue weighted by molar-refractivity contribution is 5.71. The van der Waals surface area contributed by atoms with Gasteiger partial charge in [0.1, 0.15) is 13.2 Å². The Kier molecular flexibility index (Phi) is 52.8. The van der Waals surface area contributed by atoms with E-state index in [1.807, 2.05) is 0 Å². The lowest BCUT2D eigenvalue weighted by atomic mass is 10.1. The van der Waals surface area contributed by atoms with E-state index < -0.39 is 6.10 Å². The van der Waals surface area contributed by atoms with Crippen molar-refractivity contribution >= 4 is 17.9 Å². The third-order valence-electron chi connectivity index (χ3n) is 12.6. The predicted octanol–water partition coefficient (Wildman–Crippen LogP) is 19.0. The first kappa shape index (κ1) is 63.4. The Balaban J connectivity index is 4.26. The van der Waals surface area contributed by atoms with Crippen molar-refractivity contribution in [2.24, 2.45) is 0 Å². The van der Waals surface area contributed by atoms with Gasteiger partial charge in [0.05, 0.1) is 0 Å². The van der Waals surface area contributed by atoms with Gasteiger partial charge >= 0.3 is 17.9 Å². The highest BCUT2D eigenvalue weighted by Crippen LogP contribution is 2.15. The van der Waals surface area contributed by atoms with Crippen molar-refractivity contribution < 1.29 is 28.6 Å². The van der Waals surface area contributed by atoms with Crippen molar-refractivity contribution in [2.45, 2.75) is 303 Å². The van der Waals surface area contributed by atoms with Crippen molar-refractivity contribution in [3.8, 4) is 0 Å². The minimum atomic E-state index is -0.777. The molecule has 1 unspecified atom stereocenters. The number of rotatable bonds is 52. The summed E-state index contributed by atoms with van der Waals surface area (Å²) in [5.41, 5.74) is 0. The molecule has 6 heteroatoms. The van der Waals surface area contributed by atoms with Crippen LogP contribution >= 0.6 is 0 Å². The molecule has 0 aromatic rings. The van der Waals surface area contributed by atoms with Gasteiger partial charge in [0.15, 0.2) is 6.10 Å². The molecule has 0 saturated carbocycles. The summed E-state index contributed by atoms with van der Waals surface area (Å²) in [6.45, 7) is 6.62. The van der Waals surface area contributed by atoms with Crippen LogP contribution in [0.15, 0.2) is 48.6 Å². The zero-order valence-corrected chi connectivity index (χ0v) is 44.0. The lowest BCUT2D eigenvalue weighted by Gasteiger charge is -2.18. The van der Waals surface area contributed by atoms with Crippen LogP contribution in [0.5, 0.6) is 0 Å². The molecule has 0 bridgehead atoms. The minimum absolute atomic E-state index is 0.0766. The molecule has 66 heavy (non-hydrogen) atoms. The topological polar surface area (TPSA) is 78.9 Å². The van der Waals surface area contributed by atoms with E-state index >= 15 is 0 Å². The SMILES string of the molecule is CCCCCCC/C=C\C/C=C\C/C=C\CCCCCCCCCCC(=O)OCC(COC(=O)CCCCCCCCCCC)OC(=O)CCCCCCC/C=C\CCCCCCCCC. The van der Waals surface area contributed by atoms with E-state index in [2.05, 4.69) is 69.4 Å². The van der Waals surface area contributed by atoms with Crippen molar-refractivity contribution in [1.82, 2.24) is 0 Å². The summed E-state index contributed by atoms with van der Waals surface area (Å²) in [6.07, 6.45) is 66.8. The smallest absolute Gasteiger partial charge is 0.306 e. The monoisotopic (exact) mass is 925 g/mol. The maximum absolute atomic E-state index is 12.8. The fraction of sp³-hybridized carbons (Fsp3) is 0.817. The maximum atomic E-state index is 12.8. The van der Waals surface area contributed by atoms with E-state index in [1.165, 1.54) is 173 Å². The second kappa shape index (κ2) is 55.0.